The molecular weight excluding hydrogens is 396 g/mol. The molecule has 0 aliphatic heterocycles. The Morgan fingerprint density at radius 1 is 1.14 bits per heavy atom. The number of nitrogens with zero attached hydrogens (tertiary/aromatic N) is 4. The number of fused-ring (bicyclic) bond motifs is 1. The number of halogens is 1. The zero-order valence-corrected chi connectivity index (χ0v) is 19.2. The van der Waals surface area contributed by atoms with Crippen LogP contribution in [0.15, 0.2) is 23.4 Å². The molecule has 2 rings (SSSR count). The number of benzene rings is 1. The van der Waals surface area contributed by atoms with E-state index in [2.05, 4.69) is 23.7 Å². The minimum absolute atomic E-state index is 0.0840. The van der Waals surface area contributed by atoms with E-state index in [-0.39, 0.29) is 11.2 Å². The Morgan fingerprint density at radius 3 is 2.39 bits per heavy atom. The van der Waals surface area contributed by atoms with Gasteiger partial charge in [-0.2, -0.15) is 4.31 Å². The fourth-order valence-electron chi connectivity index (χ4n) is 3.69. The topological polar surface area (TPSA) is 58.4 Å². The summed E-state index contributed by atoms with van der Waals surface area (Å²) in [5.41, 5.74) is 1.40. The molecule has 0 amide bonds. The second-order valence-electron chi connectivity index (χ2n) is 7.00. The first kappa shape index (κ1) is 23.1. The van der Waals surface area contributed by atoms with E-state index in [4.69, 9.17) is 11.6 Å². The van der Waals surface area contributed by atoms with Crippen LogP contribution in [0, 0.1) is 0 Å². The average Bonchev–Trinajstić information content (AvgIpc) is 3.04. The minimum Gasteiger partial charge on any atom is -0.314 e. The van der Waals surface area contributed by atoms with Crippen LogP contribution in [0.5, 0.6) is 0 Å². The number of hydrogen-bond acceptors (Lipinski definition) is 4. The van der Waals surface area contributed by atoms with Crippen molar-refractivity contribution in [2.75, 3.05) is 26.2 Å². The molecule has 1 atom stereocenters. The van der Waals surface area contributed by atoms with Crippen LogP contribution in [0.1, 0.15) is 47.5 Å². The molecular formula is C20H33ClN4O2S. The van der Waals surface area contributed by atoms with Crippen molar-refractivity contribution in [3.63, 3.8) is 0 Å². The maximum atomic E-state index is 13.4. The molecule has 1 heterocycles. The highest BCUT2D eigenvalue weighted by atomic mass is 35.5. The Balaban J connectivity index is 2.29. The smallest absolute Gasteiger partial charge is 0.277 e. The van der Waals surface area contributed by atoms with E-state index in [1.54, 1.807) is 27.1 Å². The Labute approximate surface area is 174 Å². The van der Waals surface area contributed by atoms with E-state index >= 15 is 0 Å². The van der Waals surface area contributed by atoms with Crippen molar-refractivity contribution in [1.29, 1.82) is 0 Å². The average molecular weight is 429 g/mol. The Bertz CT molecular complexity index is 878. The van der Waals surface area contributed by atoms with Gasteiger partial charge in [0.1, 0.15) is 0 Å². The first-order valence-electron chi connectivity index (χ1n) is 10.2. The first-order chi connectivity index (χ1) is 13.3. The van der Waals surface area contributed by atoms with Gasteiger partial charge in [0.25, 0.3) is 10.0 Å². The van der Waals surface area contributed by atoms with Gasteiger partial charge in [-0.15, -0.1) is 0 Å². The van der Waals surface area contributed by atoms with Crippen LogP contribution >= 0.6 is 11.6 Å². The Kier molecular flexibility index (Phi) is 8.30. The summed E-state index contributed by atoms with van der Waals surface area (Å²) in [4.78, 5) is 6.81. The third-order valence-corrected chi connectivity index (χ3v) is 7.57. The molecule has 1 aromatic carbocycles. The van der Waals surface area contributed by atoms with E-state index in [1.807, 2.05) is 20.8 Å². The molecule has 0 aliphatic rings. The van der Waals surface area contributed by atoms with Gasteiger partial charge < -0.3 is 9.47 Å². The number of aromatic nitrogens is 2. The summed E-state index contributed by atoms with van der Waals surface area (Å²) in [6.45, 7) is 14.0. The van der Waals surface area contributed by atoms with Crippen molar-refractivity contribution < 1.29 is 8.42 Å². The number of aryl methyl sites for hydroxylation is 1. The summed E-state index contributed by atoms with van der Waals surface area (Å²) >= 11 is 6.11. The zero-order valence-electron chi connectivity index (χ0n) is 17.7. The highest BCUT2D eigenvalue weighted by Crippen LogP contribution is 2.26. The van der Waals surface area contributed by atoms with E-state index in [0.717, 1.165) is 38.0 Å². The third kappa shape index (κ3) is 4.87. The maximum absolute atomic E-state index is 13.4. The SMILES string of the molecule is CCN(CC)CCCC(C)N(CC)S(=O)(=O)c1nc2ccc(Cl)cc2n1CC. The molecule has 28 heavy (non-hydrogen) atoms. The van der Waals surface area contributed by atoms with Crippen LogP contribution in [0.3, 0.4) is 0 Å². The molecule has 2 aromatic rings. The fraction of sp³-hybridized carbons (Fsp3) is 0.650. The van der Waals surface area contributed by atoms with Crippen molar-refractivity contribution in [3.05, 3.63) is 23.2 Å². The first-order valence-corrected chi connectivity index (χ1v) is 12.0. The van der Waals surface area contributed by atoms with Gasteiger partial charge >= 0.3 is 0 Å². The summed E-state index contributed by atoms with van der Waals surface area (Å²) in [5.74, 6) is 0. The molecule has 0 saturated carbocycles. The molecule has 0 saturated heterocycles. The molecule has 1 aromatic heterocycles. The van der Waals surface area contributed by atoms with Gasteiger partial charge in [-0.3, -0.25) is 0 Å². The third-order valence-electron chi connectivity index (χ3n) is 5.32. The largest absolute Gasteiger partial charge is 0.314 e. The lowest BCUT2D eigenvalue weighted by Gasteiger charge is -2.28. The van der Waals surface area contributed by atoms with Crippen LogP contribution in [-0.2, 0) is 16.6 Å². The van der Waals surface area contributed by atoms with Crippen molar-refractivity contribution in [2.45, 2.75) is 65.2 Å². The number of sulfonamides is 1. The molecule has 158 valence electrons. The van der Waals surface area contributed by atoms with Gasteiger partial charge in [-0.05, 0) is 64.5 Å². The van der Waals surface area contributed by atoms with Gasteiger partial charge in [0.2, 0.25) is 5.16 Å². The number of hydrogen-bond donors (Lipinski definition) is 0. The van der Waals surface area contributed by atoms with Crippen molar-refractivity contribution >= 4 is 32.7 Å². The summed E-state index contributed by atoms with van der Waals surface area (Å²) in [7, 11) is -3.70. The molecule has 0 fully saturated rings. The van der Waals surface area contributed by atoms with Gasteiger partial charge in [0.15, 0.2) is 0 Å². The molecule has 0 N–H and O–H groups in total. The monoisotopic (exact) mass is 428 g/mol. The molecule has 8 heteroatoms. The zero-order chi connectivity index (χ0) is 20.9. The standard InChI is InChI=1S/C20H33ClN4O2S/c1-6-23(7-2)14-10-11-16(5)25(9-4)28(26,27)20-22-18-13-12-17(21)15-19(18)24(20)8-3/h12-13,15-16H,6-11,14H2,1-5H3. The second kappa shape index (κ2) is 10.1. The maximum Gasteiger partial charge on any atom is 0.277 e. The fourth-order valence-corrected chi connectivity index (χ4v) is 5.71. The van der Waals surface area contributed by atoms with Crippen LogP contribution in [0.4, 0.5) is 0 Å². The summed E-state index contributed by atoms with van der Waals surface area (Å²) in [5, 5.41) is 0.674. The van der Waals surface area contributed by atoms with E-state index in [9.17, 15) is 8.42 Å². The number of rotatable bonds is 11. The lowest BCUT2D eigenvalue weighted by molar-refractivity contribution is 0.270. The molecule has 1 unspecified atom stereocenters. The highest BCUT2D eigenvalue weighted by molar-refractivity contribution is 7.89. The van der Waals surface area contributed by atoms with Crippen LogP contribution in [-0.4, -0.2) is 59.4 Å². The van der Waals surface area contributed by atoms with Crippen LogP contribution in [0.25, 0.3) is 11.0 Å². The molecule has 0 radical (unpaired) electrons. The van der Waals surface area contributed by atoms with Gasteiger partial charge in [0.05, 0.1) is 11.0 Å². The lowest BCUT2D eigenvalue weighted by atomic mass is 10.2. The summed E-state index contributed by atoms with van der Waals surface area (Å²) in [6.07, 6.45) is 1.79. The van der Waals surface area contributed by atoms with Crippen LogP contribution in [0.2, 0.25) is 5.02 Å². The number of imidazole rings is 1. The second-order valence-corrected chi connectivity index (χ2v) is 9.22. The van der Waals surface area contributed by atoms with Crippen molar-refractivity contribution in [3.8, 4) is 0 Å². The van der Waals surface area contributed by atoms with E-state index in [0.29, 0.717) is 23.6 Å². The van der Waals surface area contributed by atoms with Crippen molar-refractivity contribution in [2.24, 2.45) is 0 Å². The normalized spacial score (nSPS) is 13.7. The predicted octanol–water partition coefficient (Wildman–Crippen LogP) is 4.23. The van der Waals surface area contributed by atoms with Gasteiger partial charge in [0, 0.05) is 24.2 Å². The van der Waals surface area contributed by atoms with E-state index in [1.165, 1.54) is 0 Å². The minimum atomic E-state index is -3.70. The van der Waals surface area contributed by atoms with Crippen molar-refractivity contribution in [1.82, 2.24) is 18.8 Å². The quantitative estimate of drug-likeness (QED) is 0.537. The Morgan fingerprint density at radius 2 is 1.82 bits per heavy atom. The lowest BCUT2D eigenvalue weighted by Crippen LogP contribution is -2.40. The summed E-state index contributed by atoms with van der Waals surface area (Å²) < 4.78 is 30.2. The van der Waals surface area contributed by atoms with Crippen LogP contribution < -0.4 is 0 Å². The highest BCUT2D eigenvalue weighted by Gasteiger charge is 2.32. The Hall–Kier alpha value is -1.15. The van der Waals surface area contributed by atoms with Gasteiger partial charge in [-0.25, -0.2) is 13.4 Å². The molecule has 0 aliphatic carbocycles. The molecule has 6 nitrogen and oxygen atoms in total. The summed E-state index contributed by atoms with van der Waals surface area (Å²) in [6, 6.07) is 5.20. The molecule has 0 spiro atoms. The van der Waals surface area contributed by atoms with E-state index < -0.39 is 10.0 Å². The predicted molar refractivity (Wildman–Crippen MR) is 116 cm³/mol. The molecule has 0 bridgehead atoms. The van der Waals surface area contributed by atoms with Gasteiger partial charge in [-0.1, -0.05) is 32.4 Å².